The second-order valence-corrected chi connectivity index (χ2v) is 4.74. The molecule has 1 aromatic carbocycles. The fourth-order valence-corrected chi connectivity index (χ4v) is 1.90. The van der Waals surface area contributed by atoms with Crippen LogP contribution in [-0.2, 0) is 16.1 Å². The Morgan fingerprint density at radius 2 is 2.12 bits per heavy atom. The number of hydrogen-bond donors (Lipinski definition) is 0. The molecule has 2 aromatic rings. The number of aromatic nitrogens is 2. The lowest BCUT2D eigenvalue weighted by Gasteiger charge is -2.22. The van der Waals surface area contributed by atoms with E-state index in [1.807, 2.05) is 42.7 Å². The van der Waals surface area contributed by atoms with Gasteiger partial charge in [0.1, 0.15) is 0 Å². The number of carbonyl (C=O) groups excluding carboxylic acids is 1. The average molecular weight is 232 g/mol. The molecule has 0 saturated carbocycles. The third kappa shape index (κ3) is 2.16. The fourth-order valence-electron chi connectivity index (χ4n) is 1.90. The summed E-state index contributed by atoms with van der Waals surface area (Å²) in [7, 11) is 1.41. The molecule has 0 radical (unpaired) electrons. The van der Waals surface area contributed by atoms with E-state index >= 15 is 0 Å². The van der Waals surface area contributed by atoms with Crippen molar-refractivity contribution >= 4 is 17.0 Å². The Kier molecular flexibility index (Phi) is 2.88. The summed E-state index contributed by atoms with van der Waals surface area (Å²) in [5.74, 6) is -0.213. The molecule has 0 aliphatic carbocycles. The van der Waals surface area contributed by atoms with E-state index in [2.05, 4.69) is 4.98 Å². The topological polar surface area (TPSA) is 44.1 Å². The van der Waals surface area contributed by atoms with Crippen molar-refractivity contribution in [2.75, 3.05) is 7.11 Å². The number of esters is 1. The first kappa shape index (κ1) is 11.6. The van der Waals surface area contributed by atoms with Crippen LogP contribution in [0.5, 0.6) is 0 Å². The Bertz CT molecular complexity index is 543. The van der Waals surface area contributed by atoms with Crippen molar-refractivity contribution in [1.82, 2.24) is 9.55 Å². The van der Waals surface area contributed by atoms with Crippen molar-refractivity contribution in [3.8, 4) is 0 Å². The van der Waals surface area contributed by atoms with E-state index in [9.17, 15) is 4.79 Å². The maximum atomic E-state index is 11.6. The molecule has 0 saturated heterocycles. The van der Waals surface area contributed by atoms with E-state index in [1.54, 1.807) is 6.33 Å². The maximum Gasteiger partial charge on any atom is 0.313 e. The van der Waals surface area contributed by atoms with Crippen molar-refractivity contribution in [2.24, 2.45) is 5.41 Å². The smallest absolute Gasteiger partial charge is 0.313 e. The number of hydrogen-bond acceptors (Lipinski definition) is 3. The van der Waals surface area contributed by atoms with Crippen LogP contribution in [0.3, 0.4) is 0 Å². The quantitative estimate of drug-likeness (QED) is 0.762. The Labute approximate surface area is 100 Å². The Balaban J connectivity index is 2.33. The van der Waals surface area contributed by atoms with Crippen LogP contribution in [0.1, 0.15) is 13.8 Å². The number of nitrogens with zero attached hydrogens (tertiary/aromatic N) is 2. The molecule has 17 heavy (non-hydrogen) atoms. The zero-order valence-corrected chi connectivity index (χ0v) is 10.3. The van der Waals surface area contributed by atoms with Crippen molar-refractivity contribution in [3.63, 3.8) is 0 Å². The number of ether oxygens (including phenoxy) is 1. The third-order valence-corrected chi connectivity index (χ3v) is 2.83. The number of imidazole rings is 1. The van der Waals surface area contributed by atoms with Gasteiger partial charge in [0, 0.05) is 6.54 Å². The molecule has 0 amide bonds. The predicted molar refractivity (Wildman–Crippen MR) is 65.5 cm³/mol. The summed E-state index contributed by atoms with van der Waals surface area (Å²) >= 11 is 0. The lowest BCUT2D eigenvalue weighted by molar-refractivity contribution is -0.151. The predicted octanol–water partition coefficient (Wildman–Crippen LogP) is 2.24. The number of para-hydroxylation sites is 2. The minimum absolute atomic E-state index is 0.213. The zero-order valence-electron chi connectivity index (χ0n) is 10.3. The molecule has 90 valence electrons. The van der Waals surface area contributed by atoms with E-state index < -0.39 is 5.41 Å². The molecule has 2 rings (SSSR count). The van der Waals surface area contributed by atoms with Crippen LogP contribution >= 0.6 is 0 Å². The van der Waals surface area contributed by atoms with Gasteiger partial charge in [0.2, 0.25) is 0 Å². The lowest BCUT2D eigenvalue weighted by Crippen LogP contribution is -2.30. The van der Waals surface area contributed by atoms with Crippen LogP contribution in [0.4, 0.5) is 0 Å². The first-order chi connectivity index (χ1) is 8.04. The van der Waals surface area contributed by atoms with E-state index in [4.69, 9.17) is 4.74 Å². The molecule has 1 heterocycles. The van der Waals surface area contributed by atoms with Gasteiger partial charge in [-0.25, -0.2) is 4.98 Å². The van der Waals surface area contributed by atoms with Gasteiger partial charge >= 0.3 is 5.97 Å². The first-order valence-corrected chi connectivity index (χ1v) is 5.53. The maximum absolute atomic E-state index is 11.6. The summed E-state index contributed by atoms with van der Waals surface area (Å²) in [6.45, 7) is 4.29. The van der Waals surface area contributed by atoms with Gasteiger partial charge in [-0.15, -0.1) is 0 Å². The summed E-state index contributed by atoms with van der Waals surface area (Å²) in [4.78, 5) is 15.9. The van der Waals surface area contributed by atoms with Crippen molar-refractivity contribution in [1.29, 1.82) is 0 Å². The summed E-state index contributed by atoms with van der Waals surface area (Å²) < 4.78 is 6.78. The molecule has 4 nitrogen and oxygen atoms in total. The van der Waals surface area contributed by atoms with Crippen LogP contribution in [0.2, 0.25) is 0 Å². The van der Waals surface area contributed by atoms with Gasteiger partial charge in [0.15, 0.2) is 0 Å². The van der Waals surface area contributed by atoms with Crippen molar-refractivity contribution < 1.29 is 9.53 Å². The number of rotatable bonds is 3. The second kappa shape index (κ2) is 4.20. The highest BCUT2D eigenvalue weighted by Crippen LogP contribution is 2.22. The van der Waals surface area contributed by atoms with Gasteiger partial charge < -0.3 is 9.30 Å². The number of benzene rings is 1. The number of fused-ring (bicyclic) bond motifs is 1. The molecule has 0 spiro atoms. The minimum atomic E-state index is -0.557. The molecule has 0 aliphatic rings. The molecular weight excluding hydrogens is 216 g/mol. The highest BCUT2D eigenvalue weighted by atomic mass is 16.5. The van der Waals surface area contributed by atoms with E-state index in [1.165, 1.54) is 7.11 Å². The fraction of sp³-hybridized carbons (Fsp3) is 0.385. The van der Waals surface area contributed by atoms with Gasteiger partial charge in [-0.3, -0.25) is 4.79 Å². The molecule has 0 N–H and O–H groups in total. The molecule has 4 heteroatoms. The van der Waals surface area contributed by atoms with Gasteiger partial charge in [0.05, 0.1) is 29.9 Å². The summed E-state index contributed by atoms with van der Waals surface area (Å²) in [5.41, 5.74) is 1.41. The van der Waals surface area contributed by atoms with E-state index in [-0.39, 0.29) is 5.97 Å². The second-order valence-electron chi connectivity index (χ2n) is 4.74. The first-order valence-electron chi connectivity index (χ1n) is 5.53. The van der Waals surface area contributed by atoms with Crippen LogP contribution in [0.25, 0.3) is 11.0 Å². The standard InChI is InChI=1S/C13H16N2O2/c1-13(2,12(16)17-3)8-15-9-14-10-6-4-5-7-11(10)15/h4-7,9H,8H2,1-3H3. The minimum Gasteiger partial charge on any atom is -0.469 e. The highest BCUT2D eigenvalue weighted by Gasteiger charge is 2.29. The molecule has 0 bridgehead atoms. The lowest BCUT2D eigenvalue weighted by atomic mass is 9.93. The molecular formula is C13H16N2O2. The summed E-state index contributed by atoms with van der Waals surface area (Å²) in [6, 6.07) is 7.86. The normalized spacial score (nSPS) is 11.7. The molecule has 0 unspecified atom stereocenters. The molecule has 0 aliphatic heterocycles. The van der Waals surface area contributed by atoms with E-state index in [0.29, 0.717) is 6.54 Å². The van der Waals surface area contributed by atoms with Crippen LogP contribution in [0, 0.1) is 5.41 Å². The van der Waals surface area contributed by atoms with Gasteiger partial charge in [-0.2, -0.15) is 0 Å². The van der Waals surface area contributed by atoms with Crippen molar-refractivity contribution in [2.45, 2.75) is 20.4 Å². The SMILES string of the molecule is COC(=O)C(C)(C)Cn1cnc2ccccc21. The highest BCUT2D eigenvalue weighted by molar-refractivity contribution is 5.77. The van der Waals surface area contributed by atoms with Crippen LogP contribution in [0.15, 0.2) is 30.6 Å². The monoisotopic (exact) mass is 232 g/mol. The Hall–Kier alpha value is -1.84. The number of carbonyl (C=O) groups is 1. The summed E-state index contributed by atoms with van der Waals surface area (Å²) in [5, 5.41) is 0. The van der Waals surface area contributed by atoms with Gasteiger partial charge in [0.25, 0.3) is 0 Å². The third-order valence-electron chi connectivity index (χ3n) is 2.83. The molecule has 0 atom stereocenters. The molecule has 1 aromatic heterocycles. The van der Waals surface area contributed by atoms with Crippen LogP contribution < -0.4 is 0 Å². The average Bonchev–Trinajstić information content (AvgIpc) is 2.71. The van der Waals surface area contributed by atoms with Gasteiger partial charge in [-0.1, -0.05) is 12.1 Å². The number of methoxy groups -OCH3 is 1. The molecule has 0 fully saturated rings. The summed E-state index contributed by atoms with van der Waals surface area (Å²) in [6.07, 6.45) is 1.76. The Morgan fingerprint density at radius 1 is 1.41 bits per heavy atom. The van der Waals surface area contributed by atoms with Crippen LogP contribution in [-0.4, -0.2) is 22.6 Å². The zero-order chi connectivity index (χ0) is 12.5. The largest absolute Gasteiger partial charge is 0.469 e. The van der Waals surface area contributed by atoms with Crippen molar-refractivity contribution in [3.05, 3.63) is 30.6 Å². The van der Waals surface area contributed by atoms with E-state index in [0.717, 1.165) is 11.0 Å². The Morgan fingerprint density at radius 3 is 2.82 bits per heavy atom. The van der Waals surface area contributed by atoms with Gasteiger partial charge in [-0.05, 0) is 26.0 Å².